The van der Waals surface area contributed by atoms with Gasteiger partial charge < -0.3 is 10.2 Å². The third kappa shape index (κ3) is 2.20. The van der Waals surface area contributed by atoms with E-state index in [0.717, 1.165) is 5.56 Å². The van der Waals surface area contributed by atoms with Gasteiger partial charge >= 0.3 is 5.97 Å². The highest BCUT2D eigenvalue weighted by atomic mass is 16.4. The smallest absolute Gasteiger partial charge is 0.356 e. The van der Waals surface area contributed by atoms with Crippen LogP contribution in [0, 0.1) is 0 Å². The molecule has 1 heterocycles. The van der Waals surface area contributed by atoms with Crippen LogP contribution in [0.1, 0.15) is 21.7 Å². The molecule has 0 amide bonds. The molecule has 82 valence electrons. The first-order valence-electron chi connectivity index (χ1n) is 4.70. The molecular formula is C11H10N2O3. The molecule has 0 aliphatic heterocycles. The summed E-state index contributed by atoms with van der Waals surface area (Å²) in [5, 5.41) is 24.2. The normalized spacial score (nSPS) is 10.2. The SMILES string of the molecule is O=C(O)c1cc(Cc2cccc(O)c2)[nH]n1. The van der Waals surface area contributed by atoms with Gasteiger partial charge in [0.15, 0.2) is 5.69 Å². The van der Waals surface area contributed by atoms with Crippen LogP contribution in [0.2, 0.25) is 0 Å². The Bertz CT molecular complexity index is 519. The summed E-state index contributed by atoms with van der Waals surface area (Å²) in [4.78, 5) is 10.6. The van der Waals surface area contributed by atoms with Crippen LogP contribution >= 0.6 is 0 Å². The summed E-state index contributed by atoms with van der Waals surface area (Å²) < 4.78 is 0. The van der Waals surface area contributed by atoms with E-state index in [2.05, 4.69) is 10.2 Å². The van der Waals surface area contributed by atoms with Gasteiger partial charge in [-0.3, -0.25) is 5.10 Å². The van der Waals surface area contributed by atoms with Gasteiger partial charge in [0, 0.05) is 12.1 Å². The van der Waals surface area contributed by atoms with E-state index in [1.807, 2.05) is 6.07 Å². The number of phenols is 1. The largest absolute Gasteiger partial charge is 0.508 e. The van der Waals surface area contributed by atoms with Crippen LogP contribution < -0.4 is 0 Å². The fraction of sp³-hybridized carbons (Fsp3) is 0.0909. The van der Waals surface area contributed by atoms with Crippen LogP contribution in [-0.2, 0) is 6.42 Å². The molecule has 1 aromatic heterocycles. The maximum absolute atomic E-state index is 10.6. The molecule has 0 saturated heterocycles. The van der Waals surface area contributed by atoms with Gasteiger partial charge in [-0.05, 0) is 23.8 Å². The zero-order valence-corrected chi connectivity index (χ0v) is 8.34. The van der Waals surface area contributed by atoms with Crippen molar-refractivity contribution in [3.8, 4) is 5.75 Å². The standard InChI is InChI=1S/C11H10N2O3/c14-9-3-1-2-7(5-9)4-8-6-10(11(15)16)13-12-8/h1-3,5-6,14H,4H2,(H,12,13)(H,15,16). The molecule has 5 nitrogen and oxygen atoms in total. The first kappa shape index (κ1) is 10.2. The van der Waals surface area contributed by atoms with Crippen molar-refractivity contribution in [1.29, 1.82) is 0 Å². The lowest BCUT2D eigenvalue weighted by molar-refractivity contribution is 0.0690. The molecule has 16 heavy (non-hydrogen) atoms. The van der Waals surface area contributed by atoms with Crippen molar-refractivity contribution >= 4 is 5.97 Å². The minimum atomic E-state index is -1.06. The third-order valence-electron chi connectivity index (χ3n) is 2.16. The lowest BCUT2D eigenvalue weighted by Crippen LogP contribution is -1.95. The number of hydrogen-bond acceptors (Lipinski definition) is 3. The Morgan fingerprint density at radius 2 is 2.19 bits per heavy atom. The van der Waals surface area contributed by atoms with E-state index in [4.69, 9.17) is 5.11 Å². The van der Waals surface area contributed by atoms with Gasteiger partial charge in [0.1, 0.15) is 5.75 Å². The van der Waals surface area contributed by atoms with Crippen molar-refractivity contribution in [2.24, 2.45) is 0 Å². The number of hydrogen-bond donors (Lipinski definition) is 3. The van der Waals surface area contributed by atoms with Gasteiger partial charge in [-0.1, -0.05) is 12.1 Å². The highest BCUT2D eigenvalue weighted by Gasteiger charge is 2.08. The Morgan fingerprint density at radius 3 is 2.81 bits per heavy atom. The molecule has 0 aliphatic rings. The number of aromatic carboxylic acids is 1. The van der Waals surface area contributed by atoms with E-state index in [9.17, 15) is 9.90 Å². The predicted octanol–water partition coefficient (Wildman–Crippen LogP) is 1.40. The van der Waals surface area contributed by atoms with Crippen molar-refractivity contribution in [2.45, 2.75) is 6.42 Å². The van der Waals surface area contributed by atoms with Crippen LogP contribution in [0.3, 0.4) is 0 Å². The number of phenolic OH excluding ortho intramolecular Hbond substituents is 1. The fourth-order valence-electron chi connectivity index (χ4n) is 1.45. The molecule has 0 radical (unpaired) electrons. The third-order valence-corrected chi connectivity index (χ3v) is 2.16. The number of nitrogens with one attached hydrogen (secondary N) is 1. The van der Waals surface area contributed by atoms with Crippen LogP contribution in [0.25, 0.3) is 0 Å². The predicted molar refractivity (Wildman–Crippen MR) is 56.5 cm³/mol. The number of carboxylic acid groups (broad SMARTS) is 1. The summed E-state index contributed by atoms with van der Waals surface area (Å²) in [6.45, 7) is 0. The monoisotopic (exact) mass is 218 g/mol. The fourth-order valence-corrected chi connectivity index (χ4v) is 1.45. The zero-order valence-electron chi connectivity index (χ0n) is 8.34. The number of carbonyl (C=O) groups is 1. The number of H-pyrrole nitrogens is 1. The van der Waals surface area contributed by atoms with E-state index in [0.29, 0.717) is 12.1 Å². The quantitative estimate of drug-likeness (QED) is 0.726. The van der Waals surface area contributed by atoms with E-state index >= 15 is 0 Å². The van der Waals surface area contributed by atoms with Crippen LogP contribution in [-0.4, -0.2) is 26.4 Å². The Balaban J connectivity index is 2.17. The van der Waals surface area contributed by atoms with E-state index in [-0.39, 0.29) is 11.4 Å². The molecule has 5 heteroatoms. The lowest BCUT2D eigenvalue weighted by atomic mass is 10.1. The van der Waals surface area contributed by atoms with Crippen molar-refractivity contribution in [3.05, 3.63) is 47.3 Å². The first-order valence-corrected chi connectivity index (χ1v) is 4.70. The second-order valence-electron chi connectivity index (χ2n) is 3.43. The summed E-state index contributed by atoms with van der Waals surface area (Å²) in [6, 6.07) is 8.27. The molecule has 0 bridgehead atoms. The van der Waals surface area contributed by atoms with Crippen LogP contribution in [0.5, 0.6) is 5.75 Å². The Kier molecular flexibility index (Phi) is 2.59. The molecule has 0 spiro atoms. The summed E-state index contributed by atoms with van der Waals surface area (Å²) in [5.74, 6) is -0.867. The van der Waals surface area contributed by atoms with E-state index in [1.165, 1.54) is 6.07 Å². The van der Waals surface area contributed by atoms with Gasteiger partial charge in [-0.25, -0.2) is 4.79 Å². The Labute approximate surface area is 91.4 Å². The number of aromatic hydroxyl groups is 1. The summed E-state index contributed by atoms with van der Waals surface area (Å²) in [5.41, 5.74) is 1.58. The van der Waals surface area contributed by atoms with Crippen molar-refractivity contribution in [1.82, 2.24) is 10.2 Å². The molecule has 3 N–H and O–H groups in total. The number of aromatic nitrogens is 2. The molecule has 0 aliphatic carbocycles. The van der Waals surface area contributed by atoms with E-state index in [1.54, 1.807) is 18.2 Å². The average molecular weight is 218 g/mol. The molecule has 0 atom stereocenters. The lowest BCUT2D eigenvalue weighted by Gasteiger charge is -1.98. The molecule has 2 rings (SSSR count). The summed E-state index contributed by atoms with van der Waals surface area (Å²) in [6.07, 6.45) is 0.509. The van der Waals surface area contributed by atoms with Crippen molar-refractivity contribution in [3.63, 3.8) is 0 Å². The number of benzene rings is 1. The number of rotatable bonds is 3. The first-order chi connectivity index (χ1) is 7.65. The molecule has 0 saturated carbocycles. The summed E-state index contributed by atoms with van der Waals surface area (Å²) >= 11 is 0. The number of aromatic amines is 1. The van der Waals surface area contributed by atoms with Gasteiger partial charge in [-0.15, -0.1) is 0 Å². The van der Waals surface area contributed by atoms with Gasteiger partial charge in [-0.2, -0.15) is 5.10 Å². The maximum atomic E-state index is 10.6. The topological polar surface area (TPSA) is 86.2 Å². The molecule has 2 aromatic rings. The maximum Gasteiger partial charge on any atom is 0.356 e. The average Bonchev–Trinajstić information content (AvgIpc) is 2.66. The molecule has 0 fully saturated rings. The van der Waals surface area contributed by atoms with Gasteiger partial charge in [0.05, 0.1) is 0 Å². The highest BCUT2D eigenvalue weighted by Crippen LogP contribution is 2.14. The van der Waals surface area contributed by atoms with E-state index < -0.39 is 5.97 Å². The summed E-state index contributed by atoms with van der Waals surface area (Å²) in [7, 11) is 0. The molecule has 1 aromatic carbocycles. The van der Waals surface area contributed by atoms with Crippen LogP contribution in [0.15, 0.2) is 30.3 Å². The van der Waals surface area contributed by atoms with Crippen LogP contribution in [0.4, 0.5) is 0 Å². The number of carboxylic acids is 1. The molecule has 0 unspecified atom stereocenters. The second-order valence-corrected chi connectivity index (χ2v) is 3.43. The minimum Gasteiger partial charge on any atom is -0.508 e. The zero-order chi connectivity index (χ0) is 11.5. The van der Waals surface area contributed by atoms with Crippen molar-refractivity contribution in [2.75, 3.05) is 0 Å². The van der Waals surface area contributed by atoms with Gasteiger partial charge in [0.25, 0.3) is 0 Å². The molecular weight excluding hydrogens is 208 g/mol. The highest BCUT2D eigenvalue weighted by molar-refractivity contribution is 5.85. The second kappa shape index (κ2) is 4.06. The Morgan fingerprint density at radius 1 is 1.38 bits per heavy atom. The minimum absolute atomic E-state index is 0.00449. The van der Waals surface area contributed by atoms with Crippen molar-refractivity contribution < 1.29 is 15.0 Å². The van der Waals surface area contributed by atoms with Gasteiger partial charge in [0.2, 0.25) is 0 Å². The Hall–Kier alpha value is -2.30. The number of nitrogens with zero attached hydrogens (tertiary/aromatic N) is 1.